The van der Waals surface area contributed by atoms with E-state index in [1.807, 2.05) is 36.4 Å². The van der Waals surface area contributed by atoms with Crippen LogP contribution in [0.5, 0.6) is 5.75 Å². The van der Waals surface area contributed by atoms with Crippen LogP contribution in [0, 0.1) is 0 Å². The zero-order chi connectivity index (χ0) is 14.2. The van der Waals surface area contributed by atoms with Crippen molar-refractivity contribution < 1.29 is 14.3 Å². The van der Waals surface area contributed by atoms with Crippen LogP contribution < -0.4 is 4.74 Å². The molecule has 4 nitrogen and oxygen atoms in total. The van der Waals surface area contributed by atoms with Gasteiger partial charge in [-0.25, -0.2) is 0 Å². The van der Waals surface area contributed by atoms with Crippen molar-refractivity contribution in [1.82, 2.24) is 4.98 Å². The molecule has 0 aliphatic carbocycles. The summed E-state index contributed by atoms with van der Waals surface area (Å²) in [7, 11) is 1.40. The monoisotopic (exact) mass is 271 g/mol. The van der Waals surface area contributed by atoms with Gasteiger partial charge in [0.15, 0.2) is 0 Å². The number of carbonyl (C=O) groups excluding carboxylic acids is 1. The maximum Gasteiger partial charge on any atom is 0.305 e. The molecule has 0 radical (unpaired) electrons. The molecule has 2 aromatic rings. The molecule has 0 unspecified atom stereocenters. The minimum atomic E-state index is -0.193. The van der Waals surface area contributed by atoms with E-state index in [2.05, 4.69) is 9.72 Å². The molecule has 0 spiro atoms. The van der Waals surface area contributed by atoms with Crippen molar-refractivity contribution >= 4 is 5.97 Å². The van der Waals surface area contributed by atoms with Gasteiger partial charge >= 0.3 is 5.97 Å². The molecule has 0 aliphatic rings. The maximum atomic E-state index is 11.1. The average molecular weight is 271 g/mol. The number of rotatable bonds is 6. The largest absolute Gasteiger partial charge is 0.489 e. The lowest BCUT2D eigenvalue weighted by molar-refractivity contribution is -0.140. The van der Waals surface area contributed by atoms with Crippen molar-refractivity contribution in [2.24, 2.45) is 0 Å². The van der Waals surface area contributed by atoms with Gasteiger partial charge in [-0.05, 0) is 30.2 Å². The number of benzene rings is 1. The molecule has 4 heteroatoms. The fourth-order valence-electron chi connectivity index (χ4n) is 1.75. The highest BCUT2D eigenvalue weighted by atomic mass is 16.5. The minimum Gasteiger partial charge on any atom is -0.489 e. The molecule has 0 amide bonds. The molecule has 2 rings (SSSR count). The number of hydrogen-bond donors (Lipinski definition) is 0. The normalized spacial score (nSPS) is 10.1. The molecular weight excluding hydrogens is 254 g/mol. The Morgan fingerprint density at radius 1 is 1.15 bits per heavy atom. The Morgan fingerprint density at radius 2 is 1.95 bits per heavy atom. The number of pyridine rings is 1. The number of aromatic nitrogens is 1. The smallest absolute Gasteiger partial charge is 0.305 e. The molecule has 1 aromatic heterocycles. The third-order valence-corrected chi connectivity index (χ3v) is 2.90. The number of ether oxygens (including phenoxy) is 2. The van der Waals surface area contributed by atoms with Gasteiger partial charge in [0.1, 0.15) is 12.4 Å². The Bertz CT molecular complexity index is 537. The van der Waals surface area contributed by atoms with E-state index in [0.717, 1.165) is 16.9 Å². The van der Waals surface area contributed by atoms with Crippen molar-refractivity contribution in [2.45, 2.75) is 19.4 Å². The summed E-state index contributed by atoms with van der Waals surface area (Å²) in [4.78, 5) is 15.1. The third-order valence-electron chi connectivity index (χ3n) is 2.90. The number of methoxy groups -OCH3 is 1. The Morgan fingerprint density at radius 3 is 2.60 bits per heavy atom. The van der Waals surface area contributed by atoms with E-state index < -0.39 is 0 Å². The average Bonchev–Trinajstić information content (AvgIpc) is 2.52. The maximum absolute atomic E-state index is 11.1. The van der Waals surface area contributed by atoms with Crippen LogP contribution in [-0.2, 0) is 22.6 Å². The van der Waals surface area contributed by atoms with Crippen molar-refractivity contribution in [3.05, 3.63) is 59.9 Å². The standard InChI is InChI=1S/C16H17NO3/c1-19-16(18)9-6-13-4-7-15(8-5-13)20-12-14-3-2-10-17-11-14/h2-5,7-8,10-11H,6,9,12H2,1H3. The molecule has 0 fully saturated rings. The van der Waals surface area contributed by atoms with Crippen molar-refractivity contribution in [1.29, 1.82) is 0 Å². The van der Waals surface area contributed by atoms with E-state index in [1.165, 1.54) is 7.11 Å². The van der Waals surface area contributed by atoms with E-state index in [0.29, 0.717) is 19.4 Å². The first kappa shape index (κ1) is 14.1. The first-order valence-corrected chi connectivity index (χ1v) is 6.45. The highest BCUT2D eigenvalue weighted by Crippen LogP contribution is 2.15. The highest BCUT2D eigenvalue weighted by Gasteiger charge is 2.02. The van der Waals surface area contributed by atoms with Crippen LogP contribution >= 0.6 is 0 Å². The lowest BCUT2D eigenvalue weighted by Gasteiger charge is -2.07. The summed E-state index contributed by atoms with van der Waals surface area (Å²) in [6, 6.07) is 11.6. The molecule has 20 heavy (non-hydrogen) atoms. The SMILES string of the molecule is COC(=O)CCc1ccc(OCc2cccnc2)cc1. The predicted molar refractivity (Wildman–Crippen MR) is 75.3 cm³/mol. The van der Waals surface area contributed by atoms with Crippen LogP contribution in [0.4, 0.5) is 0 Å². The van der Waals surface area contributed by atoms with E-state index in [9.17, 15) is 4.79 Å². The van der Waals surface area contributed by atoms with Crippen LogP contribution in [0.2, 0.25) is 0 Å². The first-order valence-electron chi connectivity index (χ1n) is 6.45. The van der Waals surface area contributed by atoms with Crippen LogP contribution in [0.15, 0.2) is 48.8 Å². The molecule has 0 bridgehead atoms. The van der Waals surface area contributed by atoms with Gasteiger partial charge in [0.25, 0.3) is 0 Å². The van der Waals surface area contributed by atoms with Crippen molar-refractivity contribution in [3.8, 4) is 5.75 Å². The summed E-state index contributed by atoms with van der Waals surface area (Å²) in [5, 5.41) is 0. The molecule has 104 valence electrons. The van der Waals surface area contributed by atoms with Gasteiger partial charge < -0.3 is 9.47 Å². The highest BCUT2D eigenvalue weighted by molar-refractivity contribution is 5.69. The molecular formula is C16H17NO3. The summed E-state index contributed by atoms with van der Waals surface area (Å²) in [5.41, 5.74) is 2.12. The van der Waals surface area contributed by atoms with Gasteiger partial charge in [0.05, 0.1) is 7.11 Å². The number of hydrogen-bond acceptors (Lipinski definition) is 4. The quantitative estimate of drug-likeness (QED) is 0.758. The molecule has 0 atom stereocenters. The van der Waals surface area contributed by atoms with Crippen molar-refractivity contribution in [3.63, 3.8) is 0 Å². The predicted octanol–water partition coefficient (Wildman–Crippen LogP) is 2.77. The molecule has 0 aliphatic heterocycles. The minimum absolute atomic E-state index is 0.193. The van der Waals surface area contributed by atoms with Gasteiger partial charge in [0, 0.05) is 24.4 Å². The Labute approximate surface area is 118 Å². The Kier molecular flexibility index (Phi) is 5.12. The second kappa shape index (κ2) is 7.28. The molecule has 0 saturated heterocycles. The molecule has 0 N–H and O–H groups in total. The number of esters is 1. The molecule has 1 heterocycles. The van der Waals surface area contributed by atoms with Gasteiger partial charge in [-0.3, -0.25) is 9.78 Å². The van der Waals surface area contributed by atoms with Gasteiger partial charge in [-0.15, -0.1) is 0 Å². The van der Waals surface area contributed by atoms with Gasteiger partial charge in [-0.2, -0.15) is 0 Å². The number of carbonyl (C=O) groups is 1. The van der Waals surface area contributed by atoms with Gasteiger partial charge in [-0.1, -0.05) is 18.2 Å². The topological polar surface area (TPSA) is 48.4 Å². The number of nitrogens with zero attached hydrogens (tertiary/aromatic N) is 1. The number of aryl methyl sites for hydroxylation is 1. The van der Waals surface area contributed by atoms with Crippen LogP contribution in [0.1, 0.15) is 17.5 Å². The van der Waals surface area contributed by atoms with Crippen LogP contribution in [0.25, 0.3) is 0 Å². The van der Waals surface area contributed by atoms with Crippen LogP contribution in [-0.4, -0.2) is 18.1 Å². The Balaban J connectivity index is 1.84. The second-order valence-electron chi connectivity index (χ2n) is 4.37. The lowest BCUT2D eigenvalue weighted by atomic mass is 10.1. The summed E-state index contributed by atoms with van der Waals surface area (Å²) < 4.78 is 10.3. The fourth-order valence-corrected chi connectivity index (χ4v) is 1.75. The van der Waals surface area contributed by atoms with E-state index in [-0.39, 0.29) is 5.97 Å². The van der Waals surface area contributed by atoms with Crippen LogP contribution in [0.3, 0.4) is 0 Å². The first-order chi connectivity index (χ1) is 9.78. The molecule has 1 aromatic carbocycles. The van der Waals surface area contributed by atoms with Gasteiger partial charge in [0.2, 0.25) is 0 Å². The van der Waals surface area contributed by atoms with E-state index >= 15 is 0 Å². The van der Waals surface area contributed by atoms with Crippen molar-refractivity contribution in [2.75, 3.05) is 7.11 Å². The van der Waals surface area contributed by atoms with E-state index in [1.54, 1.807) is 12.4 Å². The summed E-state index contributed by atoms with van der Waals surface area (Å²) in [6.45, 7) is 0.495. The third kappa shape index (κ3) is 4.39. The fraction of sp³-hybridized carbons (Fsp3) is 0.250. The zero-order valence-electron chi connectivity index (χ0n) is 11.4. The lowest BCUT2D eigenvalue weighted by Crippen LogP contribution is -2.02. The summed E-state index contributed by atoms with van der Waals surface area (Å²) in [5.74, 6) is 0.609. The molecule has 0 saturated carbocycles. The Hall–Kier alpha value is -2.36. The van der Waals surface area contributed by atoms with E-state index in [4.69, 9.17) is 4.74 Å². The zero-order valence-corrected chi connectivity index (χ0v) is 11.4. The summed E-state index contributed by atoms with van der Waals surface area (Å²) >= 11 is 0. The second-order valence-corrected chi connectivity index (χ2v) is 4.37. The summed E-state index contributed by atoms with van der Waals surface area (Å²) in [6.07, 6.45) is 4.59.